The van der Waals surface area contributed by atoms with Gasteiger partial charge in [-0.25, -0.2) is 8.42 Å². The lowest BCUT2D eigenvalue weighted by atomic mass is 10.1. The van der Waals surface area contributed by atoms with E-state index in [-0.39, 0.29) is 19.4 Å². The molecule has 3 atom stereocenters. The van der Waals surface area contributed by atoms with Gasteiger partial charge in [0.2, 0.25) is 10.0 Å². The Hall–Kier alpha value is -1.21. The molecule has 11 heteroatoms. The van der Waals surface area contributed by atoms with Crippen molar-refractivity contribution in [2.24, 2.45) is 5.73 Å². The van der Waals surface area contributed by atoms with E-state index in [9.17, 15) is 8.42 Å². The standard InChI is InChI=1S/C22H40N2O7SSi/c1-27-15-18-7-6-8-22(30-18)31-21(14-23)17-9-10-20(19(13-17)24-32(2,25)26)29-16-28-11-12-33(3,4)5/h9-10,13,18,21-22,24H,6-8,11-12,14-16,23H2,1-5H3/t18?,21-,22?/m0/s1. The molecule has 1 aliphatic heterocycles. The van der Waals surface area contributed by atoms with Crippen molar-refractivity contribution in [2.75, 3.05) is 44.6 Å². The molecule has 1 aliphatic rings. The third-order valence-corrected chi connectivity index (χ3v) is 7.45. The molecule has 1 aromatic rings. The zero-order valence-electron chi connectivity index (χ0n) is 20.5. The van der Waals surface area contributed by atoms with Crippen LogP contribution < -0.4 is 15.2 Å². The molecule has 0 amide bonds. The van der Waals surface area contributed by atoms with E-state index in [1.807, 2.05) is 6.07 Å². The van der Waals surface area contributed by atoms with Gasteiger partial charge in [0.15, 0.2) is 13.1 Å². The Morgan fingerprint density at radius 2 is 2.03 bits per heavy atom. The van der Waals surface area contributed by atoms with Gasteiger partial charge in [0, 0.05) is 28.3 Å². The molecule has 0 spiro atoms. The van der Waals surface area contributed by atoms with Crippen LogP contribution in [0.5, 0.6) is 5.75 Å². The van der Waals surface area contributed by atoms with E-state index in [4.69, 9.17) is 29.4 Å². The number of hydrogen-bond donors (Lipinski definition) is 2. The van der Waals surface area contributed by atoms with E-state index in [2.05, 4.69) is 24.4 Å². The predicted octanol–water partition coefficient (Wildman–Crippen LogP) is 3.31. The van der Waals surface area contributed by atoms with E-state index in [0.717, 1.165) is 37.1 Å². The van der Waals surface area contributed by atoms with Crippen molar-refractivity contribution in [3.8, 4) is 5.75 Å². The molecule has 1 saturated heterocycles. The highest BCUT2D eigenvalue weighted by atomic mass is 32.2. The summed E-state index contributed by atoms with van der Waals surface area (Å²) in [7, 11) is -3.07. The van der Waals surface area contributed by atoms with Gasteiger partial charge in [-0.2, -0.15) is 0 Å². The Bertz CT molecular complexity index is 831. The molecule has 0 aliphatic carbocycles. The molecule has 9 nitrogen and oxygen atoms in total. The number of sulfonamides is 1. The molecule has 0 radical (unpaired) electrons. The molecule has 2 unspecified atom stereocenters. The van der Waals surface area contributed by atoms with Crippen LogP contribution in [-0.4, -0.2) is 68.8 Å². The lowest BCUT2D eigenvalue weighted by molar-refractivity contribution is -0.222. The minimum absolute atomic E-state index is 0.00800. The van der Waals surface area contributed by atoms with Gasteiger partial charge in [-0.15, -0.1) is 0 Å². The molecule has 33 heavy (non-hydrogen) atoms. The van der Waals surface area contributed by atoms with Crippen molar-refractivity contribution in [3.63, 3.8) is 0 Å². The number of methoxy groups -OCH3 is 1. The van der Waals surface area contributed by atoms with Crippen LogP contribution in [0.1, 0.15) is 30.9 Å². The summed E-state index contributed by atoms with van der Waals surface area (Å²) in [5, 5.41) is 0. The lowest BCUT2D eigenvalue weighted by Crippen LogP contribution is -2.34. The van der Waals surface area contributed by atoms with Crippen molar-refractivity contribution in [1.82, 2.24) is 0 Å². The first-order valence-corrected chi connectivity index (χ1v) is 16.9. The summed E-state index contributed by atoms with van der Waals surface area (Å²) in [6, 6.07) is 6.23. The van der Waals surface area contributed by atoms with Gasteiger partial charge >= 0.3 is 0 Å². The van der Waals surface area contributed by atoms with Crippen molar-refractivity contribution >= 4 is 23.8 Å². The molecule has 1 aromatic carbocycles. The smallest absolute Gasteiger partial charge is 0.229 e. The quantitative estimate of drug-likeness (QED) is 0.225. The number of anilines is 1. The van der Waals surface area contributed by atoms with Crippen LogP contribution in [0.25, 0.3) is 0 Å². The minimum atomic E-state index is -3.52. The molecule has 0 bridgehead atoms. The topological polar surface area (TPSA) is 118 Å². The summed E-state index contributed by atoms with van der Waals surface area (Å²) in [5.74, 6) is 0.377. The van der Waals surface area contributed by atoms with Crippen LogP contribution >= 0.6 is 0 Å². The second kappa shape index (κ2) is 13.0. The van der Waals surface area contributed by atoms with E-state index >= 15 is 0 Å². The first-order chi connectivity index (χ1) is 15.5. The van der Waals surface area contributed by atoms with Crippen molar-refractivity contribution in [1.29, 1.82) is 0 Å². The second-order valence-electron chi connectivity index (χ2n) is 9.55. The van der Waals surface area contributed by atoms with E-state index in [0.29, 0.717) is 24.7 Å². The molecular weight excluding hydrogens is 464 g/mol. The fourth-order valence-electron chi connectivity index (χ4n) is 3.42. The number of hydrogen-bond acceptors (Lipinski definition) is 8. The maximum Gasteiger partial charge on any atom is 0.229 e. The van der Waals surface area contributed by atoms with Gasteiger partial charge in [0.25, 0.3) is 0 Å². The van der Waals surface area contributed by atoms with Gasteiger partial charge in [0.05, 0.1) is 30.8 Å². The molecule has 2 rings (SSSR count). The summed E-state index contributed by atoms with van der Waals surface area (Å²) < 4.78 is 55.0. The molecule has 1 fully saturated rings. The SMILES string of the molecule is COCC1CCCC(O[C@@H](CN)c2ccc(OCOCC[Si](C)(C)C)c(NS(C)(=O)=O)c2)O1. The Morgan fingerprint density at radius 3 is 2.67 bits per heavy atom. The fourth-order valence-corrected chi connectivity index (χ4v) is 4.74. The van der Waals surface area contributed by atoms with Gasteiger partial charge in [-0.1, -0.05) is 25.7 Å². The number of ether oxygens (including phenoxy) is 5. The lowest BCUT2D eigenvalue weighted by Gasteiger charge is -2.32. The maximum atomic E-state index is 11.9. The Labute approximate surface area is 199 Å². The molecule has 3 N–H and O–H groups in total. The maximum absolute atomic E-state index is 11.9. The molecule has 0 aromatic heterocycles. The molecule has 1 heterocycles. The van der Waals surface area contributed by atoms with E-state index in [1.54, 1.807) is 19.2 Å². The highest BCUT2D eigenvalue weighted by molar-refractivity contribution is 7.92. The van der Waals surface area contributed by atoms with E-state index < -0.39 is 30.5 Å². The van der Waals surface area contributed by atoms with Gasteiger partial charge < -0.3 is 29.4 Å². The zero-order chi connectivity index (χ0) is 24.5. The normalized spacial score (nSPS) is 20.4. The van der Waals surface area contributed by atoms with Crippen LogP contribution in [0, 0.1) is 0 Å². The Morgan fingerprint density at radius 1 is 1.27 bits per heavy atom. The van der Waals surface area contributed by atoms with Crippen LogP contribution in [0.2, 0.25) is 25.7 Å². The first kappa shape index (κ1) is 28.0. The Balaban J connectivity index is 2.08. The average Bonchev–Trinajstić information content (AvgIpc) is 2.71. The first-order valence-electron chi connectivity index (χ1n) is 11.3. The summed E-state index contributed by atoms with van der Waals surface area (Å²) >= 11 is 0. The molecular formula is C22H40N2O7SSi. The third kappa shape index (κ3) is 10.7. The minimum Gasteiger partial charge on any atom is -0.465 e. The molecule has 0 saturated carbocycles. The number of benzene rings is 1. The van der Waals surface area contributed by atoms with Crippen molar-refractivity contribution in [2.45, 2.75) is 63.4 Å². The highest BCUT2D eigenvalue weighted by Crippen LogP contribution is 2.32. The summed E-state index contributed by atoms with van der Waals surface area (Å²) in [5.41, 5.74) is 7.03. The summed E-state index contributed by atoms with van der Waals surface area (Å²) in [4.78, 5) is 0. The van der Waals surface area contributed by atoms with Crippen LogP contribution in [0.3, 0.4) is 0 Å². The zero-order valence-corrected chi connectivity index (χ0v) is 22.3. The number of rotatable bonds is 14. The van der Waals surface area contributed by atoms with Gasteiger partial charge in [0.1, 0.15) is 5.75 Å². The van der Waals surface area contributed by atoms with Crippen LogP contribution in [0.4, 0.5) is 5.69 Å². The average molecular weight is 505 g/mol. The van der Waals surface area contributed by atoms with Gasteiger partial charge in [-0.05, 0) is 43.0 Å². The number of nitrogens with one attached hydrogen (secondary N) is 1. The summed E-state index contributed by atoms with van der Waals surface area (Å²) in [6.07, 6.45) is 2.90. The largest absolute Gasteiger partial charge is 0.465 e. The van der Waals surface area contributed by atoms with Crippen molar-refractivity contribution < 1.29 is 32.1 Å². The fraction of sp³-hybridized carbons (Fsp3) is 0.727. The van der Waals surface area contributed by atoms with Crippen LogP contribution in [0.15, 0.2) is 18.2 Å². The monoisotopic (exact) mass is 504 g/mol. The highest BCUT2D eigenvalue weighted by Gasteiger charge is 2.26. The summed E-state index contributed by atoms with van der Waals surface area (Å²) in [6.45, 7) is 8.20. The van der Waals surface area contributed by atoms with E-state index in [1.165, 1.54) is 0 Å². The van der Waals surface area contributed by atoms with Crippen LogP contribution in [-0.2, 0) is 29.0 Å². The molecule has 190 valence electrons. The van der Waals surface area contributed by atoms with Gasteiger partial charge in [-0.3, -0.25) is 4.72 Å². The third-order valence-electron chi connectivity index (χ3n) is 5.16. The Kier molecular flexibility index (Phi) is 11.1. The number of nitrogens with two attached hydrogens (primary N) is 1. The van der Waals surface area contributed by atoms with Crippen molar-refractivity contribution in [3.05, 3.63) is 23.8 Å². The second-order valence-corrected chi connectivity index (χ2v) is 16.9. The predicted molar refractivity (Wildman–Crippen MR) is 132 cm³/mol.